The Bertz CT molecular complexity index is 295. The van der Waals surface area contributed by atoms with E-state index in [1.807, 2.05) is 13.8 Å². The minimum atomic E-state index is -0.796. The van der Waals surface area contributed by atoms with Crippen molar-refractivity contribution in [3.05, 3.63) is 35.6 Å². The molecule has 0 aliphatic carbocycles. The Morgan fingerprint density at radius 2 is 1.67 bits per heavy atom. The van der Waals surface area contributed by atoms with E-state index in [4.69, 9.17) is 0 Å². The monoisotopic (exact) mass is 212 g/mol. The summed E-state index contributed by atoms with van der Waals surface area (Å²) in [7, 11) is 0. The van der Waals surface area contributed by atoms with Crippen LogP contribution in [0.5, 0.6) is 0 Å². The molecular formula is C12H17FO2. The summed E-state index contributed by atoms with van der Waals surface area (Å²) in [6.07, 6.45) is -1.19. The first-order valence-corrected chi connectivity index (χ1v) is 5.11. The highest BCUT2D eigenvalue weighted by Crippen LogP contribution is 2.12. The average molecular weight is 212 g/mol. The van der Waals surface area contributed by atoms with Crippen LogP contribution in [0.3, 0.4) is 0 Å². The number of aliphatic hydroxyl groups is 2. The third kappa shape index (κ3) is 3.61. The highest BCUT2D eigenvalue weighted by Gasteiger charge is 2.19. The van der Waals surface area contributed by atoms with Crippen LogP contribution in [-0.4, -0.2) is 22.4 Å². The maximum absolute atomic E-state index is 12.6. The van der Waals surface area contributed by atoms with Crippen molar-refractivity contribution in [2.45, 2.75) is 32.5 Å². The van der Waals surface area contributed by atoms with Crippen LogP contribution in [0.2, 0.25) is 0 Å². The van der Waals surface area contributed by atoms with E-state index in [0.29, 0.717) is 6.42 Å². The summed E-state index contributed by atoms with van der Waals surface area (Å²) < 4.78 is 12.6. The molecule has 1 rings (SSSR count). The SMILES string of the molecule is CC(C)[C@H](O)[C@H](O)Cc1ccc(F)cc1. The minimum absolute atomic E-state index is 0.0143. The molecule has 0 aromatic heterocycles. The zero-order valence-corrected chi connectivity index (χ0v) is 9.02. The molecule has 1 aromatic rings. The van der Waals surface area contributed by atoms with Crippen molar-refractivity contribution < 1.29 is 14.6 Å². The summed E-state index contributed by atoms with van der Waals surface area (Å²) in [5, 5.41) is 19.3. The van der Waals surface area contributed by atoms with Gasteiger partial charge < -0.3 is 10.2 Å². The van der Waals surface area contributed by atoms with Gasteiger partial charge in [0.15, 0.2) is 0 Å². The van der Waals surface area contributed by atoms with Gasteiger partial charge in [0.05, 0.1) is 12.2 Å². The van der Waals surface area contributed by atoms with Gasteiger partial charge in [0.1, 0.15) is 5.82 Å². The van der Waals surface area contributed by atoms with Gasteiger partial charge in [-0.25, -0.2) is 4.39 Å². The van der Waals surface area contributed by atoms with Gasteiger partial charge in [0, 0.05) is 6.42 Å². The number of benzene rings is 1. The van der Waals surface area contributed by atoms with Crippen LogP contribution in [0.4, 0.5) is 4.39 Å². The second kappa shape index (κ2) is 5.24. The quantitative estimate of drug-likeness (QED) is 0.798. The van der Waals surface area contributed by atoms with Crippen LogP contribution in [0.25, 0.3) is 0 Å². The predicted molar refractivity (Wildman–Crippen MR) is 57.0 cm³/mol. The van der Waals surface area contributed by atoms with E-state index in [1.165, 1.54) is 12.1 Å². The molecule has 0 saturated carbocycles. The molecule has 1 aromatic carbocycles. The molecule has 0 bridgehead atoms. The Balaban J connectivity index is 2.58. The first-order valence-electron chi connectivity index (χ1n) is 5.11. The Labute approximate surface area is 89.4 Å². The zero-order chi connectivity index (χ0) is 11.4. The molecular weight excluding hydrogens is 195 g/mol. The molecule has 0 fully saturated rings. The van der Waals surface area contributed by atoms with E-state index < -0.39 is 12.2 Å². The van der Waals surface area contributed by atoms with Crippen molar-refractivity contribution in [1.82, 2.24) is 0 Å². The Hall–Kier alpha value is -0.930. The van der Waals surface area contributed by atoms with E-state index in [2.05, 4.69) is 0 Å². The van der Waals surface area contributed by atoms with E-state index >= 15 is 0 Å². The normalized spacial score (nSPS) is 15.3. The maximum atomic E-state index is 12.6. The molecule has 0 spiro atoms. The summed E-state index contributed by atoms with van der Waals surface area (Å²) in [6.45, 7) is 3.69. The van der Waals surface area contributed by atoms with Crippen molar-refractivity contribution >= 4 is 0 Å². The lowest BCUT2D eigenvalue weighted by Crippen LogP contribution is -2.32. The molecule has 0 aliphatic rings. The first kappa shape index (κ1) is 12.1. The second-order valence-electron chi connectivity index (χ2n) is 4.13. The largest absolute Gasteiger partial charge is 0.390 e. The predicted octanol–water partition coefficient (Wildman–Crippen LogP) is 1.75. The fourth-order valence-electron chi connectivity index (χ4n) is 1.43. The van der Waals surface area contributed by atoms with Gasteiger partial charge in [-0.2, -0.15) is 0 Å². The molecule has 0 radical (unpaired) electrons. The Kier molecular flexibility index (Phi) is 4.24. The number of aliphatic hydroxyl groups excluding tert-OH is 2. The zero-order valence-electron chi connectivity index (χ0n) is 9.02. The summed E-state index contributed by atoms with van der Waals surface area (Å²) in [6, 6.07) is 5.94. The summed E-state index contributed by atoms with van der Waals surface area (Å²) in [5.41, 5.74) is 0.823. The van der Waals surface area contributed by atoms with Crippen LogP contribution in [0.15, 0.2) is 24.3 Å². The maximum Gasteiger partial charge on any atom is 0.123 e. The summed E-state index contributed by atoms with van der Waals surface area (Å²) in [4.78, 5) is 0. The topological polar surface area (TPSA) is 40.5 Å². The second-order valence-corrected chi connectivity index (χ2v) is 4.13. The molecule has 0 aliphatic heterocycles. The van der Waals surface area contributed by atoms with Gasteiger partial charge in [-0.15, -0.1) is 0 Å². The standard InChI is InChI=1S/C12H17FO2/c1-8(2)12(15)11(14)7-9-3-5-10(13)6-4-9/h3-6,8,11-12,14-15H,7H2,1-2H3/t11-,12+/m1/s1. The van der Waals surface area contributed by atoms with Crippen LogP contribution >= 0.6 is 0 Å². The average Bonchev–Trinajstić information content (AvgIpc) is 2.20. The van der Waals surface area contributed by atoms with E-state index in [1.54, 1.807) is 12.1 Å². The van der Waals surface area contributed by atoms with Crippen molar-refractivity contribution in [2.24, 2.45) is 5.92 Å². The van der Waals surface area contributed by atoms with E-state index in [0.717, 1.165) is 5.56 Å². The van der Waals surface area contributed by atoms with Gasteiger partial charge in [0.25, 0.3) is 0 Å². The third-order valence-electron chi connectivity index (χ3n) is 2.44. The number of halogens is 1. The number of hydrogen-bond donors (Lipinski definition) is 2. The molecule has 84 valence electrons. The highest BCUT2D eigenvalue weighted by atomic mass is 19.1. The van der Waals surface area contributed by atoms with Crippen molar-refractivity contribution in [2.75, 3.05) is 0 Å². The lowest BCUT2D eigenvalue weighted by Gasteiger charge is -2.20. The van der Waals surface area contributed by atoms with Gasteiger partial charge in [0.2, 0.25) is 0 Å². The van der Waals surface area contributed by atoms with Crippen molar-refractivity contribution in [3.8, 4) is 0 Å². The Morgan fingerprint density at radius 1 is 1.13 bits per heavy atom. The van der Waals surface area contributed by atoms with Crippen LogP contribution in [-0.2, 0) is 6.42 Å². The van der Waals surface area contributed by atoms with Crippen LogP contribution < -0.4 is 0 Å². The number of rotatable bonds is 4. The fourth-order valence-corrected chi connectivity index (χ4v) is 1.43. The lowest BCUT2D eigenvalue weighted by atomic mass is 9.96. The van der Waals surface area contributed by atoms with Crippen molar-refractivity contribution in [3.63, 3.8) is 0 Å². The fraction of sp³-hybridized carbons (Fsp3) is 0.500. The minimum Gasteiger partial charge on any atom is -0.390 e. The molecule has 0 heterocycles. The number of hydrogen-bond acceptors (Lipinski definition) is 2. The third-order valence-corrected chi connectivity index (χ3v) is 2.44. The Morgan fingerprint density at radius 3 is 2.13 bits per heavy atom. The van der Waals surface area contributed by atoms with Crippen LogP contribution in [0.1, 0.15) is 19.4 Å². The molecule has 3 heteroatoms. The smallest absolute Gasteiger partial charge is 0.123 e. The molecule has 2 N–H and O–H groups in total. The summed E-state index contributed by atoms with van der Waals surface area (Å²) in [5.74, 6) is -0.280. The van der Waals surface area contributed by atoms with Gasteiger partial charge >= 0.3 is 0 Å². The highest BCUT2D eigenvalue weighted by molar-refractivity contribution is 5.17. The van der Waals surface area contributed by atoms with Gasteiger partial charge in [-0.05, 0) is 23.6 Å². The van der Waals surface area contributed by atoms with Gasteiger partial charge in [-0.1, -0.05) is 26.0 Å². The summed E-state index contributed by atoms with van der Waals surface area (Å²) >= 11 is 0. The molecule has 0 saturated heterocycles. The molecule has 2 nitrogen and oxygen atoms in total. The van der Waals surface area contributed by atoms with Crippen molar-refractivity contribution in [1.29, 1.82) is 0 Å². The van der Waals surface area contributed by atoms with E-state index in [9.17, 15) is 14.6 Å². The molecule has 0 amide bonds. The van der Waals surface area contributed by atoms with Gasteiger partial charge in [-0.3, -0.25) is 0 Å². The molecule has 0 unspecified atom stereocenters. The molecule has 2 atom stereocenters. The van der Waals surface area contributed by atoms with E-state index in [-0.39, 0.29) is 11.7 Å². The molecule has 15 heavy (non-hydrogen) atoms. The first-order chi connectivity index (χ1) is 7.00. The lowest BCUT2D eigenvalue weighted by molar-refractivity contribution is -0.00732. The van der Waals surface area contributed by atoms with Crippen LogP contribution in [0, 0.1) is 11.7 Å².